The number of nitrogens with zero attached hydrogens (tertiary/aromatic N) is 2. The third kappa shape index (κ3) is 2.63. The fourth-order valence-electron chi connectivity index (χ4n) is 2.20. The fraction of sp³-hybridized carbons (Fsp3) is 0.188. The number of nitrogens with one attached hydrogen (secondary N) is 2. The molecule has 0 unspecified atom stereocenters. The zero-order chi connectivity index (χ0) is 15.7. The first-order chi connectivity index (χ1) is 10.5. The minimum Gasteiger partial charge on any atom is -0.399 e. The van der Waals surface area contributed by atoms with Crippen LogP contribution in [0.3, 0.4) is 0 Å². The Kier molecular flexibility index (Phi) is 3.50. The van der Waals surface area contributed by atoms with E-state index in [1.54, 1.807) is 12.4 Å². The minimum absolute atomic E-state index is 0.0608. The molecule has 112 valence electrons. The molecule has 1 amide bonds. The Labute approximate surface area is 127 Å². The number of hydrogen-bond acceptors (Lipinski definition) is 4. The van der Waals surface area contributed by atoms with Gasteiger partial charge in [-0.05, 0) is 26.0 Å². The van der Waals surface area contributed by atoms with Gasteiger partial charge in [0.15, 0.2) is 5.65 Å². The van der Waals surface area contributed by atoms with Crippen LogP contribution >= 0.6 is 0 Å². The molecule has 4 N–H and O–H groups in total. The van der Waals surface area contributed by atoms with Crippen molar-refractivity contribution in [2.45, 2.75) is 19.9 Å². The largest absolute Gasteiger partial charge is 0.399 e. The lowest BCUT2D eigenvalue weighted by Gasteiger charge is -2.07. The first kappa shape index (κ1) is 14.1. The van der Waals surface area contributed by atoms with Gasteiger partial charge in [0.05, 0.1) is 17.5 Å². The SMILES string of the molecule is CC(C)NC(=O)c1c[nH]c2ncc(-c3ccc(N)cc3)nc12. The number of carbonyl (C=O) groups is 1. The lowest BCUT2D eigenvalue weighted by atomic mass is 10.1. The zero-order valence-electron chi connectivity index (χ0n) is 12.4. The zero-order valence-corrected chi connectivity index (χ0v) is 12.4. The molecule has 0 atom stereocenters. The minimum atomic E-state index is -0.162. The Morgan fingerprint density at radius 2 is 2.00 bits per heavy atom. The van der Waals surface area contributed by atoms with Gasteiger partial charge in [-0.2, -0.15) is 0 Å². The topological polar surface area (TPSA) is 96.7 Å². The summed E-state index contributed by atoms with van der Waals surface area (Å²) in [6.07, 6.45) is 3.31. The molecular weight excluding hydrogens is 278 g/mol. The van der Waals surface area contributed by atoms with E-state index >= 15 is 0 Å². The number of fused-ring (bicyclic) bond motifs is 1. The van der Waals surface area contributed by atoms with Crippen LogP contribution in [0.4, 0.5) is 5.69 Å². The predicted octanol–water partition coefficient (Wildman–Crippen LogP) is 2.35. The van der Waals surface area contributed by atoms with Crippen LogP contribution in [0.1, 0.15) is 24.2 Å². The number of amides is 1. The molecule has 0 aliphatic rings. The summed E-state index contributed by atoms with van der Waals surface area (Å²) in [5, 5.41) is 2.86. The Bertz CT molecular complexity index is 820. The Morgan fingerprint density at radius 3 is 2.68 bits per heavy atom. The average Bonchev–Trinajstić information content (AvgIpc) is 2.90. The summed E-state index contributed by atoms with van der Waals surface area (Å²) in [7, 11) is 0. The van der Waals surface area contributed by atoms with E-state index in [1.807, 2.05) is 38.1 Å². The highest BCUT2D eigenvalue weighted by atomic mass is 16.1. The Morgan fingerprint density at radius 1 is 1.27 bits per heavy atom. The second-order valence-electron chi connectivity index (χ2n) is 5.40. The molecule has 3 rings (SSSR count). The van der Waals surface area contributed by atoms with Gasteiger partial charge in [-0.1, -0.05) is 12.1 Å². The number of aromatic amines is 1. The van der Waals surface area contributed by atoms with E-state index < -0.39 is 0 Å². The van der Waals surface area contributed by atoms with Crippen LogP contribution in [-0.2, 0) is 0 Å². The van der Waals surface area contributed by atoms with E-state index in [0.29, 0.717) is 28.1 Å². The molecule has 6 heteroatoms. The van der Waals surface area contributed by atoms with Crippen molar-refractivity contribution >= 4 is 22.8 Å². The van der Waals surface area contributed by atoms with Crippen molar-refractivity contribution in [2.75, 3.05) is 5.73 Å². The fourth-order valence-corrected chi connectivity index (χ4v) is 2.20. The molecular formula is C16H17N5O. The molecule has 0 fully saturated rings. The van der Waals surface area contributed by atoms with Gasteiger partial charge in [0.2, 0.25) is 0 Å². The summed E-state index contributed by atoms with van der Waals surface area (Å²) >= 11 is 0. The van der Waals surface area contributed by atoms with E-state index in [2.05, 4.69) is 20.3 Å². The highest BCUT2D eigenvalue weighted by Crippen LogP contribution is 2.22. The summed E-state index contributed by atoms with van der Waals surface area (Å²) in [5.74, 6) is -0.162. The molecule has 0 aliphatic heterocycles. The average molecular weight is 295 g/mol. The van der Waals surface area contributed by atoms with Gasteiger partial charge in [-0.15, -0.1) is 0 Å². The van der Waals surface area contributed by atoms with E-state index in [-0.39, 0.29) is 11.9 Å². The number of rotatable bonds is 3. The molecule has 2 aromatic heterocycles. The summed E-state index contributed by atoms with van der Waals surface area (Å²) in [6, 6.07) is 7.44. The van der Waals surface area contributed by atoms with Crippen LogP contribution in [-0.4, -0.2) is 26.9 Å². The molecule has 2 heterocycles. The van der Waals surface area contributed by atoms with Gasteiger partial charge in [-0.3, -0.25) is 4.79 Å². The normalized spacial score (nSPS) is 11.0. The number of hydrogen-bond donors (Lipinski definition) is 3. The first-order valence-corrected chi connectivity index (χ1v) is 7.05. The van der Waals surface area contributed by atoms with Gasteiger partial charge >= 0.3 is 0 Å². The second kappa shape index (κ2) is 5.48. The second-order valence-corrected chi connectivity index (χ2v) is 5.40. The summed E-state index contributed by atoms with van der Waals surface area (Å²) < 4.78 is 0. The summed E-state index contributed by atoms with van der Waals surface area (Å²) in [6.45, 7) is 3.83. The lowest BCUT2D eigenvalue weighted by Crippen LogP contribution is -2.29. The Hall–Kier alpha value is -2.89. The van der Waals surface area contributed by atoms with Gasteiger partial charge in [0, 0.05) is 23.5 Å². The smallest absolute Gasteiger partial charge is 0.255 e. The van der Waals surface area contributed by atoms with Crippen LogP contribution in [0.5, 0.6) is 0 Å². The molecule has 0 saturated heterocycles. The van der Waals surface area contributed by atoms with Crippen molar-refractivity contribution in [3.05, 3.63) is 42.2 Å². The van der Waals surface area contributed by atoms with Crippen LogP contribution in [0.2, 0.25) is 0 Å². The maximum atomic E-state index is 12.2. The van der Waals surface area contributed by atoms with Crippen LogP contribution in [0.15, 0.2) is 36.7 Å². The number of aromatic nitrogens is 3. The quantitative estimate of drug-likeness (QED) is 0.646. The van der Waals surface area contributed by atoms with Crippen molar-refractivity contribution in [1.82, 2.24) is 20.3 Å². The summed E-state index contributed by atoms with van der Waals surface area (Å²) in [4.78, 5) is 24.1. The number of nitrogen functional groups attached to an aromatic ring is 1. The van der Waals surface area contributed by atoms with E-state index in [4.69, 9.17) is 5.73 Å². The molecule has 1 aromatic carbocycles. The standard InChI is InChI=1S/C16H17N5O/c1-9(2)20-16(22)12-7-18-15-14(12)21-13(8-19-15)10-3-5-11(17)6-4-10/h3-9H,17H2,1-2H3,(H,18,19)(H,20,22). The number of nitrogens with two attached hydrogens (primary N) is 1. The van der Waals surface area contributed by atoms with E-state index in [0.717, 1.165) is 5.56 Å². The third-order valence-electron chi connectivity index (χ3n) is 3.25. The third-order valence-corrected chi connectivity index (χ3v) is 3.25. The van der Waals surface area contributed by atoms with Gasteiger partial charge in [0.25, 0.3) is 5.91 Å². The van der Waals surface area contributed by atoms with E-state index in [9.17, 15) is 4.79 Å². The molecule has 0 bridgehead atoms. The van der Waals surface area contributed by atoms with Gasteiger partial charge in [0.1, 0.15) is 5.52 Å². The number of benzene rings is 1. The van der Waals surface area contributed by atoms with Crippen molar-refractivity contribution in [3.8, 4) is 11.3 Å². The molecule has 22 heavy (non-hydrogen) atoms. The molecule has 6 nitrogen and oxygen atoms in total. The number of H-pyrrole nitrogens is 1. The molecule has 0 saturated carbocycles. The maximum absolute atomic E-state index is 12.2. The summed E-state index contributed by atoms with van der Waals surface area (Å²) in [5.41, 5.74) is 9.64. The van der Waals surface area contributed by atoms with Crippen molar-refractivity contribution in [1.29, 1.82) is 0 Å². The monoisotopic (exact) mass is 295 g/mol. The lowest BCUT2D eigenvalue weighted by molar-refractivity contribution is 0.0944. The number of anilines is 1. The van der Waals surface area contributed by atoms with Crippen molar-refractivity contribution in [3.63, 3.8) is 0 Å². The molecule has 3 aromatic rings. The van der Waals surface area contributed by atoms with E-state index in [1.165, 1.54) is 0 Å². The predicted molar refractivity (Wildman–Crippen MR) is 86.3 cm³/mol. The van der Waals surface area contributed by atoms with Gasteiger partial charge in [-0.25, -0.2) is 9.97 Å². The van der Waals surface area contributed by atoms with Crippen LogP contribution in [0.25, 0.3) is 22.4 Å². The van der Waals surface area contributed by atoms with Crippen LogP contribution < -0.4 is 11.1 Å². The highest BCUT2D eigenvalue weighted by Gasteiger charge is 2.15. The number of carbonyl (C=O) groups excluding carboxylic acids is 1. The highest BCUT2D eigenvalue weighted by molar-refractivity contribution is 6.04. The molecule has 0 radical (unpaired) electrons. The van der Waals surface area contributed by atoms with Crippen molar-refractivity contribution < 1.29 is 4.79 Å². The first-order valence-electron chi connectivity index (χ1n) is 7.05. The molecule has 0 aliphatic carbocycles. The Balaban J connectivity index is 2.04. The molecule has 0 spiro atoms. The van der Waals surface area contributed by atoms with Gasteiger partial charge < -0.3 is 16.0 Å². The van der Waals surface area contributed by atoms with Crippen molar-refractivity contribution in [2.24, 2.45) is 0 Å². The van der Waals surface area contributed by atoms with Crippen LogP contribution in [0, 0.1) is 0 Å². The maximum Gasteiger partial charge on any atom is 0.255 e.